The van der Waals surface area contributed by atoms with Crippen LogP contribution in [0.15, 0.2) is 28.7 Å². The van der Waals surface area contributed by atoms with Crippen LogP contribution in [-0.2, 0) is 0 Å². The number of ketones is 1. The van der Waals surface area contributed by atoms with Crippen molar-refractivity contribution in [3.8, 4) is 0 Å². The maximum atomic E-state index is 12.0. The van der Waals surface area contributed by atoms with Gasteiger partial charge in [0.15, 0.2) is 5.78 Å². The van der Waals surface area contributed by atoms with E-state index in [-0.39, 0.29) is 28.6 Å². The molecule has 4 N–H and O–H groups in total. The fourth-order valence-electron chi connectivity index (χ4n) is 2.09. The number of hydrogen-bond acceptors (Lipinski definition) is 4. The monoisotopic (exact) mass is 335 g/mol. The van der Waals surface area contributed by atoms with Gasteiger partial charge in [0.05, 0.1) is 5.56 Å². The van der Waals surface area contributed by atoms with Gasteiger partial charge in [-0.15, -0.1) is 0 Å². The van der Waals surface area contributed by atoms with Crippen molar-refractivity contribution in [2.75, 3.05) is 10.6 Å². The Morgan fingerprint density at radius 3 is 2.22 bits per heavy atom. The molecule has 0 fully saturated rings. The number of carbonyl (C=O) groups is 3. The number of nitrogens with one attached hydrogen (secondary N) is 2. The summed E-state index contributed by atoms with van der Waals surface area (Å²) in [6, 6.07) is 5.77. The molecular weight excluding hydrogens is 322 g/mol. The lowest BCUT2D eigenvalue weighted by Gasteiger charge is -2.06. The van der Waals surface area contributed by atoms with Crippen molar-refractivity contribution >= 4 is 40.9 Å². The third kappa shape index (κ3) is 3.70. The molecule has 2 rings (SSSR count). The molecule has 3 amide bonds. The van der Waals surface area contributed by atoms with Gasteiger partial charge in [-0.3, -0.25) is 14.9 Å². The van der Waals surface area contributed by atoms with Crippen LogP contribution in [0.5, 0.6) is 0 Å². The van der Waals surface area contributed by atoms with Gasteiger partial charge in [-0.1, -0.05) is 11.6 Å². The van der Waals surface area contributed by atoms with Crippen LogP contribution in [0.4, 0.5) is 16.4 Å². The minimum atomic E-state index is -0.867. The molecule has 0 aliphatic carbocycles. The molecule has 0 aliphatic rings. The van der Waals surface area contributed by atoms with E-state index in [2.05, 4.69) is 10.6 Å². The molecule has 0 bridgehead atoms. The fourth-order valence-corrected chi connectivity index (χ4v) is 2.22. The van der Waals surface area contributed by atoms with Crippen LogP contribution < -0.4 is 16.4 Å². The lowest BCUT2D eigenvalue weighted by molar-refractivity contribution is 0.0974. The highest BCUT2D eigenvalue weighted by molar-refractivity contribution is 6.30. The Kier molecular flexibility index (Phi) is 4.71. The second-order valence-electron chi connectivity index (χ2n) is 4.74. The predicted octanol–water partition coefficient (Wildman–Crippen LogP) is 3.19. The SMILES string of the molecule is CC(=O)c1c(C)oc(NC(=O)Nc2ccc(Cl)cc2)c1C(N)=O. The largest absolute Gasteiger partial charge is 0.444 e. The van der Waals surface area contributed by atoms with Gasteiger partial charge in [0.1, 0.15) is 11.3 Å². The van der Waals surface area contributed by atoms with Crippen LogP contribution in [0, 0.1) is 6.92 Å². The number of carbonyl (C=O) groups excluding carboxylic acids is 3. The zero-order valence-electron chi connectivity index (χ0n) is 12.4. The number of anilines is 2. The summed E-state index contributed by atoms with van der Waals surface area (Å²) >= 11 is 5.76. The Labute approximate surface area is 136 Å². The lowest BCUT2D eigenvalue weighted by atomic mass is 10.1. The first kappa shape index (κ1) is 16.6. The van der Waals surface area contributed by atoms with E-state index in [0.29, 0.717) is 10.7 Å². The first-order chi connectivity index (χ1) is 10.8. The lowest BCUT2D eigenvalue weighted by Crippen LogP contribution is -2.22. The molecule has 120 valence electrons. The molecule has 0 spiro atoms. The summed E-state index contributed by atoms with van der Waals surface area (Å²) in [5.74, 6) is -1.22. The van der Waals surface area contributed by atoms with Gasteiger partial charge >= 0.3 is 6.03 Å². The Morgan fingerprint density at radius 2 is 1.70 bits per heavy atom. The Balaban J connectivity index is 2.24. The third-order valence-corrected chi connectivity index (χ3v) is 3.26. The zero-order chi connectivity index (χ0) is 17.1. The van der Waals surface area contributed by atoms with E-state index < -0.39 is 11.9 Å². The second-order valence-corrected chi connectivity index (χ2v) is 5.18. The number of furan rings is 1. The van der Waals surface area contributed by atoms with Crippen LogP contribution in [-0.4, -0.2) is 17.7 Å². The molecule has 1 aromatic heterocycles. The number of amides is 3. The number of Topliss-reactive ketones (excluding diaryl/α,β-unsaturated/α-hetero) is 1. The Bertz CT molecular complexity index is 781. The molecule has 0 atom stereocenters. The number of aryl methyl sites for hydroxylation is 1. The zero-order valence-corrected chi connectivity index (χ0v) is 13.2. The van der Waals surface area contributed by atoms with Crippen LogP contribution in [0.1, 0.15) is 33.4 Å². The van der Waals surface area contributed by atoms with E-state index in [1.807, 2.05) is 0 Å². The van der Waals surface area contributed by atoms with Crippen LogP contribution in [0.2, 0.25) is 5.02 Å². The van der Waals surface area contributed by atoms with Crippen molar-refractivity contribution in [1.82, 2.24) is 0 Å². The number of primary amides is 1. The molecule has 0 saturated carbocycles. The van der Waals surface area contributed by atoms with E-state index >= 15 is 0 Å². The van der Waals surface area contributed by atoms with E-state index in [9.17, 15) is 14.4 Å². The van der Waals surface area contributed by atoms with Crippen molar-refractivity contribution < 1.29 is 18.8 Å². The average Bonchev–Trinajstić information content (AvgIpc) is 2.77. The van der Waals surface area contributed by atoms with Crippen molar-refractivity contribution in [2.45, 2.75) is 13.8 Å². The highest BCUT2D eigenvalue weighted by Crippen LogP contribution is 2.27. The summed E-state index contributed by atoms with van der Waals surface area (Å²) in [7, 11) is 0. The standard InChI is InChI=1S/C15H14ClN3O4/c1-7(20)11-8(2)23-14(12(11)13(17)21)19-15(22)18-10-5-3-9(16)4-6-10/h3-6H,1-2H3,(H2,17,21)(H2,18,19,22). The van der Waals surface area contributed by atoms with Gasteiger partial charge in [-0.05, 0) is 38.1 Å². The fraction of sp³-hybridized carbons (Fsp3) is 0.133. The molecular formula is C15H14ClN3O4. The van der Waals surface area contributed by atoms with Gasteiger partial charge in [0, 0.05) is 10.7 Å². The number of hydrogen-bond donors (Lipinski definition) is 3. The van der Waals surface area contributed by atoms with Crippen LogP contribution >= 0.6 is 11.6 Å². The molecule has 0 saturated heterocycles. The van der Waals surface area contributed by atoms with E-state index in [0.717, 1.165) is 0 Å². The summed E-state index contributed by atoms with van der Waals surface area (Å²) < 4.78 is 5.28. The summed E-state index contributed by atoms with van der Waals surface area (Å²) in [5, 5.41) is 5.43. The molecule has 0 radical (unpaired) electrons. The molecule has 1 aromatic carbocycles. The van der Waals surface area contributed by atoms with Crippen molar-refractivity contribution in [2.24, 2.45) is 5.73 Å². The minimum absolute atomic E-state index is 0.0549. The highest BCUT2D eigenvalue weighted by atomic mass is 35.5. The molecule has 1 heterocycles. The number of rotatable bonds is 4. The second kappa shape index (κ2) is 6.53. The Hall–Kier alpha value is -2.80. The molecule has 0 unspecified atom stereocenters. The quantitative estimate of drug-likeness (QED) is 0.744. The Morgan fingerprint density at radius 1 is 1.09 bits per heavy atom. The number of urea groups is 1. The van der Waals surface area contributed by atoms with Crippen molar-refractivity contribution in [3.63, 3.8) is 0 Å². The van der Waals surface area contributed by atoms with Gasteiger partial charge < -0.3 is 15.5 Å². The van der Waals surface area contributed by atoms with Gasteiger partial charge in [-0.25, -0.2) is 4.79 Å². The van der Waals surface area contributed by atoms with E-state index in [4.69, 9.17) is 21.8 Å². The first-order valence-corrected chi connectivity index (χ1v) is 6.95. The van der Waals surface area contributed by atoms with Crippen LogP contribution in [0.3, 0.4) is 0 Å². The van der Waals surface area contributed by atoms with Gasteiger partial charge in [0.2, 0.25) is 5.88 Å². The molecule has 23 heavy (non-hydrogen) atoms. The molecule has 0 aliphatic heterocycles. The molecule has 7 nitrogen and oxygen atoms in total. The summed E-state index contributed by atoms with van der Waals surface area (Å²) in [6.45, 7) is 2.79. The maximum absolute atomic E-state index is 12.0. The topological polar surface area (TPSA) is 114 Å². The smallest absolute Gasteiger partial charge is 0.326 e. The predicted molar refractivity (Wildman–Crippen MR) is 86.1 cm³/mol. The number of benzene rings is 1. The number of nitrogens with two attached hydrogens (primary N) is 1. The molecule has 2 aromatic rings. The third-order valence-electron chi connectivity index (χ3n) is 3.01. The number of halogens is 1. The maximum Gasteiger partial charge on any atom is 0.326 e. The summed E-state index contributed by atoms with van der Waals surface area (Å²) in [6.07, 6.45) is 0. The normalized spacial score (nSPS) is 10.2. The van der Waals surface area contributed by atoms with Crippen molar-refractivity contribution in [3.05, 3.63) is 46.2 Å². The van der Waals surface area contributed by atoms with Crippen molar-refractivity contribution in [1.29, 1.82) is 0 Å². The van der Waals surface area contributed by atoms with E-state index in [1.165, 1.54) is 13.8 Å². The average molecular weight is 336 g/mol. The van der Waals surface area contributed by atoms with Crippen LogP contribution in [0.25, 0.3) is 0 Å². The van der Waals surface area contributed by atoms with Gasteiger partial charge in [-0.2, -0.15) is 0 Å². The summed E-state index contributed by atoms with van der Waals surface area (Å²) in [5.41, 5.74) is 5.67. The summed E-state index contributed by atoms with van der Waals surface area (Å²) in [4.78, 5) is 35.1. The van der Waals surface area contributed by atoms with Gasteiger partial charge in [0.25, 0.3) is 5.91 Å². The molecule has 8 heteroatoms. The van der Waals surface area contributed by atoms with E-state index in [1.54, 1.807) is 24.3 Å². The minimum Gasteiger partial charge on any atom is -0.444 e. The first-order valence-electron chi connectivity index (χ1n) is 6.57. The highest BCUT2D eigenvalue weighted by Gasteiger charge is 2.26.